The number of hydrogen-bond donors (Lipinski definition) is 3. The van der Waals surface area contributed by atoms with Crippen molar-refractivity contribution in [1.82, 2.24) is 5.32 Å². The van der Waals surface area contributed by atoms with Crippen LogP contribution in [0.15, 0.2) is 0 Å². The largest absolute Gasteiger partial charge is 0.395 e. The average molecular weight is 218 g/mol. The maximum Gasteiger partial charge on any atom is 0.172 e. The van der Waals surface area contributed by atoms with Crippen molar-refractivity contribution in [3.8, 4) is 0 Å². The third-order valence-corrected chi connectivity index (χ3v) is 2.81. The standard InChI is InChI=1S/C10H22N2O3/c1-7(12-5-6-13)9-4-3-8(11)10(14-2)15-9/h7-10,12-13H,3-6,11H2,1-2H3/t7?,8?,9?,10-/m0/s1. The van der Waals surface area contributed by atoms with Crippen LogP contribution in [0.5, 0.6) is 0 Å². The Labute approximate surface area is 90.9 Å². The molecule has 90 valence electrons. The molecule has 4 N–H and O–H groups in total. The second kappa shape index (κ2) is 6.40. The molecule has 1 aliphatic heterocycles. The maximum atomic E-state index is 8.71. The molecule has 0 aliphatic carbocycles. The average Bonchev–Trinajstić information content (AvgIpc) is 2.26. The van der Waals surface area contributed by atoms with Gasteiger partial charge < -0.3 is 25.6 Å². The van der Waals surface area contributed by atoms with E-state index in [1.54, 1.807) is 7.11 Å². The second-order valence-corrected chi connectivity index (χ2v) is 3.99. The molecule has 1 heterocycles. The summed E-state index contributed by atoms with van der Waals surface area (Å²) >= 11 is 0. The van der Waals surface area contributed by atoms with Gasteiger partial charge in [-0.1, -0.05) is 0 Å². The van der Waals surface area contributed by atoms with Crippen LogP contribution in [0.2, 0.25) is 0 Å². The van der Waals surface area contributed by atoms with Crippen molar-refractivity contribution in [2.45, 2.75) is 44.2 Å². The normalized spacial score (nSPS) is 34.0. The van der Waals surface area contributed by atoms with Crippen molar-refractivity contribution in [1.29, 1.82) is 0 Å². The summed E-state index contributed by atoms with van der Waals surface area (Å²) in [5.74, 6) is 0. The van der Waals surface area contributed by atoms with Gasteiger partial charge in [0.25, 0.3) is 0 Å². The summed E-state index contributed by atoms with van der Waals surface area (Å²) < 4.78 is 10.9. The number of nitrogens with one attached hydrogen (secondary N) is 1. The Morgan fingerprint density at radius 2 is 2.33 bits per heavy atom. The Balaban J connectivity index is 2.36. The highest BCUT2D eigenvalue weighted by molar-refractivity contribution is 4.82. The smallest absolute Gasteiger partial charge is 0.172 e. The third-order valence-electron chi connectivity index (χ3n) is 2.81. The Bertz CT molecular complexity index is 180. The van der Waals surface area contributed by atoms with Crippen LogP contribution in [0.3, 0.4) is 0 Å². The minimum atomic E-state index is -0.304. The van der Waals surface area contributed by atoms with Crippen LogP contribution in [0, 0.1) is 0 Å². The summed E-state index contributed by atoms with van der Waals surface area (Å²) in [5, 5.41) is 11.9. The molecule has 0 saturated carbocycles. The molecule has 1 aliphatic rings. The van der Waals surface area contributed by atoms with Crippen molar-refractivity contribution in [2.75, 3.05) is 20.3 Å². The van der Waals surface area contributed by atoms with Gasteiger partial charge in [0, 0.05) is 19.7 Å². The van der Waals surface area contributed by atoms with Gasteiger partial charge in [0.05, 0.1) is 18.8 Å². The van der Waals surface area contributed by atoms with E-state index < -0.39 is 0 Å². The van der Waals surface area contributed by atoms with Crippen LogP contribution in [0.25, 0.3) is 0 Å². The van der Waals surface area contributed by atoms with Crippen LogP contribution >= 0.6 is 0 Å². The fraction of sp³-hybridized carbons (Fsp3) is 1.00. The van der Waals surface area contributed by atoms with Gasteiger partial charge in [0.15, 0.2) is 6.29 Å². The van der Waals surface area contributed by atoms with Crippen LogP contribution in [0.4, 0.5) is 0 Å². The van der Waals surface area contributed by atoms with E-state index in [0.717, 1.165) is 12.8 Å². The van der Waals surface area contributed by atoms with E-state index in [1.165, 1.54) is 0 Å². The number of ether oxygens (including phenoxy) is 2. The summed E-state index contributed by atoms with van der Waals surface area (Å²) in [7, 11) is 1.61. The number of nitrogens with two attached hydrogens (primary N) is 1. The number of aliphatic hydroxyl groups is 1. The van der Waals surface area contributed by atoms with E-state index in [-0.39, 0.29) is 31.1 Å². The summed E-state index contributed by atoms with van der Waals surface area (Å²) in [5.41, 5.74) is 5.84. The monoisotopic (exact) mass is 218 g/mol. The van der Waals surface area contributed by atoms with E-state index in [4.69, 9.17) is 20.3 Å². The van der Waals surface area contributed by atoms with E-state index in [1.807, 2.05) is 6.92 Å². The van der Waals surface area contributed by atoms with Gasteiger partial charge in [-0.15, -0.1) is 0 Å². The lowest BCUT2D eigenvalue weighted by atomic mass is 10.00. The zero-order valence-corrected chi connectivity index (χ0v) is 9.48. The van der Waals surface area contributed by atoms with E-state index in [0.29, 0.717) is 6.54 Å². The van der Waals surface area contributed by atoms with E-state index >= 15 is 0 Å². The van der Waals surface area contributed by atoms with Crippen molar-refractivity contribution < 1.29 is 14.6 Å². The first kappa shape index (κ1) is 12.9. The van der Waals surface area contributed by atoms with Crippen molar-refractivity contribution in [3.05, 3.63) is 0 Å². The zero-order chi connectivity index (χ0) is 11.3. The quantitative estimate of drug-likeness (QED) is 0.576. The molecule has 3 unspecified atom stereocenters. The van der Waals surface area contributed by atoms with Gasteiger partial charge >= 0.3 is 0 Å². The highest BCUT2D eigenvalue weighted by Gasteiger charge is 2.31. The lowest BCUT2D eigenvalue weighted by Crippen LogP contribution is -2.51. The minimum Gasteiger partial charge on any atom is -0.395 e. The summed E-state index contributed by atoms with van der Waals surface area (Å²) in [6.07, 6.45) is 1.65. The number of methoxy groups -OCH3 is 1. The molecule has 15 heavy (non-hydrogen) atoms. The Morgan fingerprint density at radius 3 is 2.93 bits per heavy atom. The molecule has 5 nitrogen and oxygen atoms in total. The molecule has 0 radical (unpaired) electrons. The Morgan fingerprint density at radius 1 is 1.60 bits per heavy atom. The van der Waals surface area contributed by atoms with E-state index in [9.17, 15) is 0 Å². The van der Waals surface area contributed by atoms with Gasteiger partial charge in [-0.05, 0) is 19.8 Å². The molecule has 0 aromatic carbocycles. The molecule has 0 aromatic rings. The molecule has 0 spiro atoms. The maximum absolute atomic E-state index is 8.71. The molecule has 0 aromatic heterocycles. The molecular formula is C10H22N2O3. The predicted octanol–water partition coefficient (Wildman–Crippen LogP) is -0.564. The number of aliphatic hydroxyl groups excluding tert-OH is 1. The van der Waals surface area contributed by atoms with Crippen LogP contribution in [-0.4, -0.2) is 49.8 Å². The molecule has 4 atom stereocenters. The molecule has 1 fully saturated rings. The molecule has 5 heteroatoms. The summed E-state index contributed by atoms with van der Waals surface area (Å²) in [6, 6.07) is 0.179. The first-order chi connectivity index (χ1) is 7.19. The fourth-order valence-corrected chi connectivity index (χ4v) is 1.86. The predicted molar refractivity (Wildman–Crippen MR) is 57.4 cm³/mol. The molecular weight excluding hydrogens is 196 g/mol. The molecule has 0 bridgehead atoms. The van der Waals surface area contributed by atoms with Crippen molar-refractivity contribution in [2.24, 2.45) is 5.73 Å². The molecule has 1 rings (SSSR count). The SMILES string of the molecule is CO[C@H]1OC(C(C)NCCO)CCC1N. The van der Waals surface area contributed by atoms with Gasteiger partial charge in [0.1, 0.15) is 0 Å². The second-order valence-electron chi connectivity index (χ2n) is 3.99. The third kappa shape index (κ3) is 3.70. The van der Waals surface area contributed by atoms with Crippen LogP contribution in [-0.2, 0) is 9.47 Å². The summed E-state index contributed by atoms with van der Waals surface area (Å²) in [6.45, 7) is 2.78. The zero-order valence-electron chi connectivity index (χ0n) is 9.48. The lowest BCUT2D eigenvalue weighted by Gasteiger charge is -2.36. The highest BCUT2D eigenvalue weighted by Crippen LogP contribution is 2.20. The Hall–Kier alpha value is -0.200. The lowest BCUT2D eigenvalue weighted by molar-refractivity contribution is -0.194. The number of rotatable bonds is 5. The fourth-order valence-electron chi connectivity index (χ4n) is 1.86. The first-order valence-corrected chi connectivity index (χ1v) is 5.47. The molecule has 0 amide bonds. The van der Waals surface area contributed by atoms with Crippen LogP contribution in [0.1, 0.15) is 19.8 Å². The first-order valence-electron chi connectivity index (χ1n) is 5.47. The highest BCUT2D eigenvalue weighted by atomic mass is 16.7. The van der Waals surface area contributed by atoms with E-state index in [2.05, 4.69) is 5.32 Å². The topological polar surface area (TPSA) is 76.7 Å². The van der Waals surface area contributed by atoms with Gasteiger partial charge in [-0.2, -0.15) is 0 Å². The van der Waals surface area contributed by atoms with Gasteiger partial charge in [0.2, 0.25) is 0 Å². The summed E-state index contributed by atoms with van der Waals surface area (Å²) in [4.78, 5) is 0. The number of hydrogen-bond acceptors (Lipinski definition) is 5. The van der Waals surface area contributed by atoms with Gasteiger partial charge in [-0.3, -0.25) is 0 Å². The van der Waals surface area contributed by atoms with Gasteiger partial charge in [-0.25, -0.2) is 0 Å². The molecule has 1 saturated heterocycles. The minimum absolute atomic E-state index is 0.0312. The van der Waals surface area contributed by atoms with Crippen molar-refractivity contribution in [3.63, 3.8) is 0 Å². The van der Waals surface area contributed by atoms with Crippen molar-refractivity contribution >= 4 is 0 Å². The van der Waals surface area contributed by atoms with Crippen LogP contribution < -0.4 is 11.1 Å². The Kier molecular flexibility index (Phi) is 5.49.